The van der Waals surface area contributed by atoms with Crippen LogP contribution in [0.1, 0.15) is 25.3 Å². The maximum absolute atomic E-state index is 11.9. The number of rotatable bonds is 2. The van der Waals surface area contributed by atoms with Gasteiger partial charge in [0.2, 0.25) is 5.88 Å². The van der Waals surface area contributed by atoms with Gasteiger partial charge in [-0.3, -0.25) is 4.79 Å². The van der Waals surface area contributed by atoms with Crippen LogP contribution in [-0.2, 0) is 9.53 Å². The Labute approximate surface area is 122 Å². The lowest BCUT2D eigenvalue weighted by Crippen LogP contribution is -2.23. The highest BCUT2D eigenvalue weighted by Gasteiger charge is 2.33. The Morgan fingerprint density at radius 3 is 2.50 bits per heavy atom. The van der Waals surface area contributed by atoms with Crippen molar-refractivity contribution in [1.82, 2.24) is 0 Å². The molecule has 1 aliphatic heterocycles. The van der Waals surface area contributed by atoms with Crippen LogP contribution in [0.5, 0.6) is 0 Å². The molecule has 1 unspecified atom stereocenters. The summed E-state index contributed by atoms with van der Waals surface area (Å²) in [6.45, 7) is 3.11. The van der Waals surface area contributed by atoms with Gasteiger partial charge in [-0.15, -0.1) is 0 Å². The van der Waals surface area contributed by atoms with Gasteiger partial charge in [0.15, 0.2) is 5.78 Å². The van der Waals surface area contributed by atoms with Gasteiger partial charge in [-0.1, -0.05) is 23.7 Å². The van der Waals surface area contributed by atoms with E-state index in [1.807, 2.05) is 6.07 Å². The second kappa shape index (κ2) is 5.40. The van der Waals surface area contributed by atoms with Gasteiger partial charge in [0.25, 0.3) is 0 Å². The van der Waals surface area contributed by atoms with Crippen LogP contribution in [0.4, 0.5) is 0 Å². The number of carbonyl (C=O) groups is 1. The summed E-state index contributed by atoms with van der Waals surface area (Å²) in [5.74, 6) is -0.199. The maximum Gasteiger partial charge on any atom is 0.205 e. The molecular weight excluding hydrogens is 276 g/mol. The number of nitriles is 1. The Kier molecular flexibility index (Phi) is 3.82. The summed E-state index contributed by atoms with van der Waals surface area (Å²) >= 11 is 5.87. The number of Topliss-reactive ketones (excluding diaryl/α,β-unsaturated/α-hetero) is 1. The minimum atomic E-state index is -0.511. The van der Waals surface area contributed by atoms with E-state index in [0.717, 1.165) is 5.56 Å². The first-order valence-electron chi connectivity index (χ1n) is 6.00. The molecule has 0 amide bonds. The normalized spacial score (nSPS) is 18.6. The van der Waals surface area contributed by atoms with Gasteiger partial charge in [0.05, 0.1) is 5.92 Å². The van der Waals surface area contributed by atoms with E-state index in [4.69, 9.17) is 22.1 Å². The summed E-state index contributed by atoms with van der Waals surface area (Å²) in [5.41, 5.74) is 7.22. The first-order chi connectivity index (χ1) is 9.45. The van der Waals surface area contributed by atoms with Crippen molar-refractivity contribution in [2.24, 2.45) is 5.73 Å². The fourth-order valence-electron chi connectivity index (χ4n) is 2.32. The Hall–Kier alpha value is -2.25. The molecule has 4 nitrogen and oxygen atoms in total. The molecule has 1 heterocycles. The summed E-state index contributed by atoms with van der Waals surface area (Å²) in [4.78, 5) is 11.9. The quantitative estimate of drug-likeness (QED) is 0.907. The zero-order chi connectivity index (χ0) is 14.9. The van der Waals surface area contributed by atoms with Crippen molar-refractivity contribution in [3.63, 3.8) is 0 Å². The van der Waals surface area contributed by atoms with Gasteiger partial charge in [0.1, 0.15) is 17.4 Å². The number of ether oxygens (including phenoxy) is 1. The fourth-order valence-corrected chi connectivity index (χ4v) is 2.45. The molecule has 0 radical (unpaired) electrons. The van der Waals surface area contributed by atoms with E-state index in [1.54, 1.807) is 31.2 Å². The molecule has 1 atom stereocenters. The number of carbonyl (C=O) groups excluding carboxylic acids is 1. The molecule has 0 aromatic heterocycles. The summed E-state index contributed by atoms with van der Waals surface area (Å²) in [7, 11) is 0. The zero-order valence-corrected chi connectivity index (χ0v) is 11.9. The zero-order valence-electron chi connectivity index (χ0n) is 11.1. The summed E-state index contributed by atoms with van der Waals surface area (Å²) < 4.78 is 5.31. The molecule has 1 aromatic carbocycles. The van der Waals surface area contributed by atoms with E-state index < -0.39 is 5.92 Å². The van der Waals surface area contributed by atoms with Gasteiger partial charge in [0, 0.05) is 10.6 Å². The molecule has 0 fully saturated rings. The number of nitrogens with two attached hydrogens (primary N) is 1. The Balaban J connectivity index is 2.64. The SMILES string of the molecule is CC(=O)C1=C(C)OC(N)=C(C#N)C1c1ccc(Cl)cc1. The lowest BCUT2D eigenvalue weighted by Gasteiger charge is -2.26. The van der Waals surface area contributed by atoms with Crippen molar-refractivity contribution in [2.45, 2.75) is 19.8 Å². The van der Waals surface area contributed by atoms with Crippen molar-refractivity contribution >= 4 is 17.4 Å². The minimum Gasteiger partial charge on any atom is -0.445 e. The highest BCUT2D eigenvalue weighted by atomic mass is 35.5. The number of benzene rings is 1. The first-order valence-corrected chi connectivity index (χ1v) is 6.38. The third-order valence-corrected chi connectivity index (χ3v) is 3.44. The van der Waals surface area contributed by atoms with Crippen LogP contribution in [0.3, 0.4) is 0 Å². The van der Waals surface area contributed by atoms with Crippen LogP contribution < -0.4 is 5.73 Å². The second-order valence-corrected chi connectivity index (χ2v) is 4.94. The van der Waals surface area contributed by atoms with Crippen molar-refractivity contribution < 1.29 is 9.53 Å². The molecule has 1 aliphatic rings. The average Bonchev–Trinajstić information content (AvgIpc) is 2.38. The highest BCUT2D eigenvalue weighted by Crippen LogP contribution is 2.39. The van der Waals surface area contributed by atoms with Gasteiger partial charge in [-0.05, 0) is 31.5 Å². The monoisotopic (exact) mass is 288 g/mol. The molecule has 1 aromatic rings. The van der Waals surface area contributed by atoms with Gasteiger partial charge in [-0.25, -0.2) is 0 Å². The van der Waals surface area contributed by atoms with E-state index >= 15 is 0 Å². The summed E-state index contributed by atoms with van der Waals surface area (Å²) in [6.07, 6.45) is 0. The van der Waals surface area contributed by atoms with Crippen LogP contribution in [0.25, 0.3) is 0 Å². The largest absolute Gasteiger partial charge is 0.445 e. The van der Waals surface area contributed by atoms with Crippen LogP contribution in [0, 0.1) is 11.3 Å². The molecule has 5 heteroatoms. The predicted octanol–water partition coefficient (Wildman–Crippen LogP) is 3.01. The van der Waals surface area contributed by atoms with E-state index in [9.17, 15) is 10.1 Å². The number of ketones is 1. The average molecular weight is 289 g/mol. The number of nitrogens with zero attached hydrogens (tertiary/aromatic N) is 1. The maximum atomic E-state index is 11.9. The van der Waals surface area contributed by atoms with Gasteiger partial charge in [-0.2, -0.15) is 5.26 Å². The molecule has 0 bridgehead atoms. The number of halogens is 1. The molecular formula is C15H13ClN2O2. The standard InChI is InChI=1S/C15H13ClN2O2/c1-8(19)13-9(2)20-15(18)12(7-17)14(13)10-3-5-11(16)6-4-10/h3-6,14H,18H2,1-2H3. The lowest BCUT2D eigenvalue weighted by molar-refractivity contribution is -0.114. The van der Waals surface area contributed by atoms with Crippen LogP contribution in [0.2, 0.25) is 5.02 Å². The second-order valence-electron chi connectivity index (χ2n) is 4.50. The minimum absolute atomic E-state index is 0.0370. The van der Waals surface area contributed by atoms with Crippen LogP contribution in [-0.4, -0.2) is 5.78 Å². The number of hydrogen-bond donors (Lipinski definition) is 1. The third kappa shape index (κ3) is 2.40. The fraction of sp³-hybridized carbons (Fsp3) is 0.200. The molecule has 102 valence electrons. The first kappa shape index (κ1) is 14.2. The van der Waals surface area contributed by atoms with Gasteiger partial charge < -0.3 is 10.5 Å². The van der Waals surface area contributed by atoms with Gasteiger partial charge >= 0.3 is 0 Å². The molecule has 20 heavy (non-hydrogen) atoms. The van der Waals surface area contributed by atoms with E-state index in [2.05, 4.69) is 0 Å². The number of allylic oxidation sites excluding steroid dienone is 3. The van der Waals surface area contributed by atoms with E-state index in [1.165, 1.54) is 6.92 Å². The van der Waals surface area contributed by atoms with E-state index in [-0.39, 0.29) is 17.2 Å². The molecule has 2 rings (SSSR count). The highest BCUT2D eigenvalue weighted by molar-refractivity contribution is 6.30. The van der Waals surface area contributed by atoms with Crippen molar-refractivity contribution in [3.05, 3.63) is 57.6 Å². The van der Waals surface area contributed by atoms with Crippen LogP contribution in [0.15, 0.2) is 47.1 Å². The summed E-state index contributed by atoms with van der Waals surface area (Å²) in [6, 6.07) is 9.01. The van der Waals surface area contributed by atoms with Crippen molar-refractivity contribution in [1.29, 1.82) is 5.26 Å². The van der Waals surface area contributed by atoms with Crippen LogP contribution >= 0.6 is 11.6 Å². The molecule has 0 spiro atoms. The lowest BCUT2D eigenvalue weighted by atomic mass is 9.81. The van der Waals surface area contributed by atoms with Crippen molar-refractivity contribution in [3.8, 4) is 6.07 Å². The predicted molar refractivity (Wildman–Crippen MR) is 75.5 cm³/mol. The number of hydrogen-bond acceptors (Lipinski definition) is 4. The molecule has 0 saturated carbocycles. The molecule has 0 aliphatic carbocycles. The Morgan fingerprint density at radius 1 is 1.40 bits per heavy atom. The van der Waals surface area contributed by atoms with Crippen molar-refractivity contribution in [2.75, 3.05) is 0 Å². The molecule has 0 saturated heterocycles. The smallest absolute Gasteiger partial charge is 0.205 e. The van der Waals surface area contributed by atoms with E-state index in [0.29, 0.717) is 16.4 Å². The Bertz CT molecular complexity index is 666. The topological polar surface area (TPSA) is 76.1 Å². The third-order valence-electron chi connectivity index (χ3n) is 3.19. The summed E-state index contributed by atoms with van der Waals surface area (Å²) in [5, 5.41) is 9.89. The molecule has 2 N–H and O–H groups in total. The Morgan fingerprint density at radius 2 is 2.00 bits per heavy atom.